The molecular formula is C9H12N4. The van der Waals surface area contributed by atoms with Crippen LogP contribution in [0.1, 0.15) is 13.3 Å². The van der Waals surface area contributed by atoms with Crippen molar-refractivity contribution in [3.05, 3.63) is 12.1 Å². The smallest absolute Gasteiger partial charge is 0.149 e. The van der Waals surface area contributed by atoms with Crippen molar-refractivity contribution < 1.29 is 0 Å². The Morgan fingerprint density at radius 1 is 1.62 bits per heavy atom. The Labute approximate surface area is 77.6 Å². The third-order valence-electron chi connectivity index (χ3n) is 1.62. The summed E-state index contributed by atoms with van der Waals surface area (Å²) in [6, 6.07) is 3.43. The zero-order chi connectivity index (χ0) is 9.68. The van der Waals surface area contributed by atoms with E-state index in [-0.39, 0.29) is 6.04 Å². The summed E-state index contributed by atoms with van der Waals surface area (Å²) >= 11 is 0. The Hall–Kier alpha value is -1.76. The zero-order valence-electron chi connectivity index (χ0n) is 7.49. The Morgan fingerprint density at radius 3 is 2.85 bits per heavy atom. The molecule has 0 spiro atoms. The highest BCUT2D eigenvalue weighted by molar-refractivity contribution is 5.40. The molecule has 0 radical (unpaired) electrons. The Morgan fingerprint density at radius 2 is 2.38 bits per heavy atom. The summed E-state index contributed by atoms with van der Waals surface area (Å²) in [6.07, 6.45) is 6.13. The van der Waals surface area contributed by atoms with Gasteiger partial charge < -0.3 is 11.1 Å². The predicted octanol–water partition coefficient (Wildman–Crippen LogP) is 0.882. The molecule has 1 rings (SSSR count). The van der Waals surface area contributed by atoms with Crippen LogP contribution >= 0.6 is 0 Å². The highest BCUT2D eigenvalue weighted by Gasteiger charge is 2.01. The van der Waals surface area contributed by atoms with E-state index in [1.165, 1.54) is 0 Å². The minimum absolute atomic E-state index is 0.00192. The van der Waals surface area contributed by atoms with Gasteiger partial charge in [0, 0.05) is 0 Å². The molecule has 0 fully saturated rings. The molecule has 4 heteroatoms. The minimum atomic E-state index is -0.00192. The number of terminal acetylenes is 1. The Kier molecular flexibility index (Phi) is 3.09. The van der Waals surface area contributed by atoms with Crippen molar-refractivity contribution in [3.8, 4) is 12.3 Å². The number of hydrogen-bond acceptors (Lipinski definition) is 4. The number of nitrogen functional groups attached to an aromatic ring is 1. The van der Waals surface area contributed by atoms with Gasteiger partial charge in [-0.2, -0.15) is 0 Å². The molecule has 0 aliphatic heterocycles. The van der Waals surface area contributed by atoms with Crippen LogP contribution in [0.15, 0.2) is 12.1 Å². The molecule has 1 aromatic rings. The summed E-state index contributed by atoms with van der Waals surface area (Å²) in [4.78, 5) is 0. The fourth-order valence-corrected chi connectivity index (χ4v) is 0.860. The number of aromatic nitrogens is 2. The molecule has 0 amide bonds. The second kappa shape index (κ2) is 4.31. The van der Waals surface area contributed by atoms with Crippen LogP contribution in [0.25, 0.3) is 0 Å². The van der Waals surface area contributed by atoms with E-state index in [0.717, 1.165) is 6.42 Å². The van der Waals surface area contributed by atoms with Crippen molar-refractivity contribution in [1.82, 2.24) is 10.2 Å². The molecule has 0 aromatic carbocycles. The zero-order valence-corrected chi connectivity index (χ0v) is 7.49. The SMILES string of the molecule is C#CC(CC)Nc1ccc(N)nn1. The predicted molar refractivity (Wildman–Crippen MR) is 53.0 cm³/mol. The highest BCUT2D eigenvalue weighted by Crippen LogP contribution is 2.05. The lowest BCUT2D eigenvalue weighted by atomic mass is 10.2. The standard InChI is InChI=1S/C9H12N4/c1-3-7(4-2)11-9-6-5-8(10)12-13-9/h1,5-7H,4H2,2H3,(H2,10,12)(H,11,13). The van der Waals surface area contributed by atoms with E-state index in [2.05, 4.69) is 21.4 Å². The van der Waals surface area contributed by atoms with Crippen molar-refractivity contribution in [2.75, 3.05) is 11.1 Å². The second-order valence-electron chi connectivity index (χ2n) is 2.62. The topological polar surface area (TPSA) is 63.8 Å². The molecule has 0 aliphatic carbocycles. The second-order valence-corrected chi connectivity index (χ2v) is 2.62. The summed E-state index contributed by atoms with van der Waals surface area (Å²) < 4.78 is 0. The van der Waals surface area contributed by atoms with Crippen molar-refractivity contribution >= 4 is 11.6 Å². The molecule has 3 N–H and O–H groups in total. The van der Waals surface area contributed by atoms with Crippen LogP contribution in [0.4, 0.5) is 11.6 Å². The molecule has 13 heavy (non-hydrogen) atoms. The van der Waals surface area contributed by atoms with Gasteiger partial charge >= 0.3 is 0 Å². The molecule has 1 heterocycles. The van der Waals surface area contributed by atoms with Gasteiger partial charge in [0.2, 0.25) is 0 Å². The Balaban J connectivity index is 2.64. The third kappa shape index (κ3) is 2.64. The molecule has 0 saturated heterocycles. The lowest BCUT2D eigenvalue weighted by Gasteiger charge is -2.09. The van der Waals surface area contributed by atoms with Crippen LogP contribution in [-0.2, 0) is 0 Å². The molecule has 68 valence electrons. The fourth-order valence-electron chi connectivity index (χ4n) is 0.860. The number of anilines is 2. The van der Waals surface area contributed by atoms with Crippen molar-refractivity contribution in [2.24, 2.45) is 0 Å². The highest BCUT2D eigenvalue weighted by atomic mass is 15.2. The van der Waals surface area contributed by atoms with Crippen molar-refractivity contribution in [3.63, 3.8) is 0 Å². The average molecular weight is 176 g/mol. The van der Waals surface area contributed by atoms with Gasteiger partial charge in [0.05, 0.1) is 6.04 Å². The lowest BCUT2D eigenvalue weighted by molar-refractivity contribution is 0.842. The summed E-state index contributed by atoms with van der Waals surface area (Å²) in [6.45, 7) is 2.00. The van der Waals surface area contributed by atoms with Crippen LogP contribution in [-0.4, -0.2) is 16.2 Å². The van der Waals surface area contributed by atoms with E-state index in [0.29, 0.717) is 11.6 Å². The summed E-state index contributed by atoms with van der Waals surface area (Å²) in [5.74, 6) is 3.66. The van der Waals surface area contributed by atoms with Crippen LogP contribution in [0.2, 0.25) is 0 Å². The molecule has 1 unspecified atom stereocenters. The fraction of sp³-hybridized carbons (Fsp3) is 0.333. The minimum Gasteiger partial charge on any atom is -0.382 e. The first-order chi connectivity index (χ1) is 6.26. The van der Waals surface area contributed by atoms with E-state index in [1.807, 2.05) is 6.92 Å². The summed E-state index contributed by atoms with van der Waals surface area (Å²) in [5.41, 5.74) is 5.38. The van der Waals surface area contributed by atoms with Crippen molar-refractivity contribution in [1.29, 1.82) is 0 Å². The van der Waals surface area contributed by atoms with Gasteiger partial charge in [0.15, 0.2) is 0 Å². The molecule has 1 atom stereocenters. The van der Waals surface area contributed by atoms with Gasteiger partial charge in [-0.25, -0.2) is 0 Å². The largest absolute Gasteiger partial charge is 0.382 e. The monoisotopic (exact) mass is 176 g/mol. The van der Waals surface area contributed by atoms with E-state index in [4.69, 9.17) is 12.2 Å². The van der Waals surface area contributed by atoms with Crippen molar-refractivity contribution in [2.45, 2.75) is 19.4 Å². The number of rotatable bonds is 3. The third-order valence-corrected chi connectivity index (χ3v) is 1.62. The molecule has 4 nitrogen and oxygen atoms in total. The molecular weight excluding hydrogens is 164 g/mol. The van der Waals surface area contributed by atoms with Gasteiger partial charge in [-0.05, 0) is 18.6 Å². The first-order valence-corrected chi connectivity index (χ1v) is 4.08. The molecule has 0 aliphatic rings. The summed E-state index contributed by atoms with van der Waals surface area (Å²) in [7, 11) is 0. The van der Waals surface area contributed by atoms with Gasteiger partial charge in [-0.1, -0.05) is 12.8 Å². The quantitative estimate of drug-likeness (QED) is 0.671. The van der Waals surface area contributed by atoms with Gasteiger partial charge in [-0.3, -0.25) is 0 Å². The van der Waals surface area contributed by atoms with Gasteiger partial charge in [0.1, 0.15) is 11.6 Å². The maximum Gasteiger partial charge on any atom is 0.149 e. The van der Waals surface area contributed by atoms with Crippen LogP contribution in [0.3, 0.4) is 0 Å². The van der Waals surface area contributed by atoms with Gasteiger partial charge in [-0.15, -0.1) is 16.6 Å². The van der Waals surface area contributed by atoms with E-state index in [9.17, 15) is 0 Å². The maximum absolute atomic E-state index is 5.38. The normalized spacial score (nSPS) is 11.7. The lowest BCUT2D eigenvalue weighted by Crippen LogP contribution is -2.16. The van der Waals surface area contributed by atoms with Crippen LogP contribution < -0.4 is 11.1 Å². The van der Waals surface area contributed by atoms with Gasteiger partial charge in [0.25, 0.3) is 0 Å². The molecule has 0 bridgehead atoms. The molecule has 1 aromatic heterocycles. The van der Waals surface area contributed by atoms with E-state index >= 15 is 0 Å². The number of hydrogen-bond donors (Lipinski definition) is 2. The Bertz CT molecular complexity index is 298. The number of nitrogens with two attached hydrogens (primary N) is 1. The van der Waals surface area contributed by atoms with Crippen LogP contribution in [0.5, 0.6) is 0 Å². The van der Waals surface area contributed by atoms with E-state index in [1.54, 1.807) is 12.1 Å². The average Bonchev–Trinajstić information content (AvgIpc) is 2.17. The van der Waals surface area contributed by atoms with E-state index < -0.39 is 0 Å². The number of nitrogens with one attached hydrogen (secondary N) is 1. The maximum atomic E-state index is 5.38. The number of nitrogens with zero attached hydrogens (tertiary/aromatic N) is 2. The first-order valence-electron chi connectivity index (χ1n) is 4.08. The first kappa shape index (κ1) is 9.33. The summed E-state index contributed by atoms with van der Waals surface area (Å²) in [5, 5.41) is 10.6. The van der Waals surface area contributed by atoms with Crippen LogP contribution in [0, 0.1) is 12.3 Å². The molecule has 0 saturated carbocycles.